The number of likely N-dealkylation sites (N-methyl/N-ethyl adjacent to an activating group) is 1. The van der Waals surface area contributed by atoms with E-state index in [1.165, 1.54) is 16.7 Å². The molecule has 1 N–H and O–H groups in total. The molecule has 2 aliphatic rings. The van der Waals surface area contributed by atoms with Gasteiger partial charge in [0.25, 0.3) is 5.91 Å². The van der Waals surface area contributed by atoms with Crippen molar-refractivity contribution in [3.05, 3.63) is 57.2 Å². The van der Waals surface area contributed by atoms with Gasteiger partial charge in [0.1, 0.15) is 11.6 Å². The largest absolute Gasteiger partial charge is 0.444 e. The van der Waals surface area contributed by atoms with E-state index in [9.17, 15) is 19.2 Å². The second-order valence-electron chi connectivity index (χ2n) is 9.13. The molecular weight excluding hydrogens is 537 g/mol. The Morgan fingerprint density at radius 1 is 1.09 bits per heavy atom. The van der Waals surface area contributed by atoms with E-state index in [1.807, 2.05) is 6.07 Å². The van der Waals surface area contributed by atoms with Crippen molar-refractivity contribution in [2.24, 2.45) is 0 Å². The molecule has 4 rings (SSSR count). The summed E-state index contributed by atoms with van der Waals surface area (Å²) >= 11 is 2.11. The van der Waals surface area contributed by atoms with Gasteiger partial charge in [0.15, 0.2) is 11.3 Å². The van der Waals surface area contributed by atoms with Crippen LogP contribution in [0, 0.1) is 3.57 Å². The number of carbonyl (C=O) groups is 4. The highest BCUT2D eigenvalue weighted by Crippen LogP contribution is 2.48. The zero-order chi connectivity index (χ0) is 24.3. The Balaban J connectivity index is 1.99. The van der Waals surface area contributed by atoms with Gasteiger partial charge < -0.3 is 15.0 Å². The Morgan fingerprint density at radius 2 is 1.76 bits per heavy atom. The van der Waals surface area contributed by atoms with Crippen LogP contribution in [0.15, 0.2) is 42.5 Å². The van der Waals surface area contributed by atoms with Gasteiger partial charge >= 0.3 is 6.09 Å². The SMILES string of the molecule is CC(=O)N1c2ccccc2C(=O)[C@@H]1[C@]1(NC(=O)OC(C)(C)C)C(=O)N(C)c2ccc(I)cc21. The van der Waals surface area contributed by atoms with Crippen LogP contribution in [0.5, 0.6) is 0 Å². The third kappa shape index (κ3) is 3.58. The second-order valence-corrected chi connectivity index (χ2v) is 10.4. The first-order valence-corrected chi connectivity index (χ1v) is 11.5. The molecule has 0 spiro atoms. The molecule has 0 bridgehead atoms. The molecule has 0 unspecified atom stereocenters. The van der Waals surface area contributed by atoms with Gasteiger partial charge in [-0.3, -0.25) is 19.3 Å². The molecule has 0 aliphatic carbocycles. The quantitative estimate of drug-likeness (QED) is 0.566. The number of nitrogens with one attached hydrogen (secondary N) is 1. The van der Waals surface area contributed by atoms with E-state index in [0.717, 1.165) is 3.57 Å². The van der Waals surface area contributed by atoms with Crippen molar-refractivity contribution in [2.75, 3.05) is 16.8 Å². The predicted octanol–water partition coefficient (Wildman–Crippen LogP) is 3.61. The molecule has 8 nitrogen and oxygen atoms in total. The fourth-order valence-corrected chi connectivity index (χ4v) is 5.05. The first-order valence-electron chi connectivity index (χ1n) is 10.4. The number of carbonyl (C=O) groups excluding carboxylic acids is 4. The number of para-hydroxylation sites is 1. The average molecular weight is 561 g/mol. The van der Waals surface area contributed by atoms with E-state index in [2.05, 4.69) is 27.9 Å². The number of alkyl carbamates (subject to hydrolysis) is 1. The van der Waals surface area contributed by atoms with Crippen molar-refractivity contribution in [1.82, 2.24) is 5.32 Å². The molecule has 2 aliphatic heterocycles. The Bertz CT molecular complexity index is 1200. The summed E-state index contributed by atoms with van der Waals surface area (Å²) in [4.78, 5) is 56.3. The van der Waals surface area contributed by atoms with Crippen molar-refractivity contribution in [1.29, 1.82) is 0 Å². The van der Waals surface area contributed by atoms with Crippen LogP contribution in [0.3, 0.4) is 0 Å². The second kappa shape index (κ2) is 7.82. The lowest BCUT2D eigenvalue weighted by Crippen LogP contribution is -2.66. The monoisotopic (exact) mass is 561 g/mol. The van der Waals surface area contributed by atoms with Crippen LogP contribution in [0.2, 0.25) is 0 Å². The summed E-state index contributed by atoms with van der Waals surface area (Å²) in [5.74, 6) is -1.37. The maximum absolute atomic E-state index is 13.9. The molecule has 9 heteroatoms. The fourth-order valence-electron chi connectivity index (χ4n) is 4.56. The predicted molar refractivity (Wildman–Crippen MR) is 131 cm³/mol. The number of ketones is 1. The number of halogens is 1. The van der Waals surface area contributed by atoms with E-state index in [-0.39, 0.29) is 0 Å². The maximum atomic E-state index is 13.9. The van der Waals surface area contributed by atoms with Crippen LogP contribution in [0.4, 0.5) is 16.2 Å². The van der Waals surface area contributed by atoms with Crippen LogP contribution in [-0.2, 0) is 19.9 Å². The van der Waals surface area contributed by atoms with Gasteiger partial charge in [-0.25, -0.2) is 4.79 Å². The number of hydrogen-bond acceptors (Lipinski definition) is 5. The van der Waals surface area contributed by atoms with Gasteiger partial charge in [0.2, 0.25) is 5.91 Å². The highest BCUT2D eigenvalue weighted by molar-refractivity contribution is 14.1. The Labute approximate surface area is 205 Å². The van der Waals surface area contributed by atoms with Crippen LogP contribution < -0.4 is 15.1 Å². The minimum absolute atomic E-state index is 0.317. The molecule has 3 amide bonds. The number of ether oxygens (including phenoxy) is 1. The summed E-state index contributed by atoms with van der Waals surface area (Å²) in [5.41, 5.74) is -1.00. The van der Waals surface area contributed by atoms with Gasteiger partial charge in [-0.05, 0) is 73.7 Å². The van der Waals surface area contributed by atoms with E-state index in [0.29, 0.717) is 22.5 Å². The normalized spacial score (nSPS) is 21.7. The van der Waals surface area contributed by atoms with Gasteiger partial charge in [-0.1, -0.05) is 12.1 Å². The number of hydrogen-bond donors (Lipinski definition) is 1. The molecule has 33 heavy (non-hydrogen) atoms. The summed E-state index contributed by atoms with van der Waals surface area (Å²) in [5, 5.41) is 2.73. The topological polar surface area (TPSA) is 96.0 Å². The number of amides is 3. The molecule has 0 saturated heterocycles. The smallest absolute Gasteiger partial charge is 0.408 e. The highest BCUT2D eigenvalue weighted by atomic mass is 127. The number of Topliss-reactive ketones (excluding diaryl/α,β-unsaturated/α-hetero) is 1. The molecule has 2 atom stereocenters. The minimum Gasteiger partial charge on any atom is -0.444 e. The molecule has 172 valence electrons. The summed E-state index contributed by atoms with van der Waals surface area (Å²) in [7, 11) is 1.58. The van der Waals surface area contributed by atoms with Gasteiger partial charge in [-0.15, -0.1) is 0 Å². The van der Waals surface area contributed by atoms with E-state index in [1.54, 1.807) is 64.2 Å². The van der Waals surface area contributed by atoms with Crippen LogP contribution in [0.1, 0.15) is 43.6 Å². The Morgan fingerprint density at radius 3 is 2.39 bits per heavy atom. The van der Waals surface area contributed by atoms with Crippen LogP contribution in [0.25, 0.3) is 0 Å². The molecular formula is C24H24IN3O5. The number of nitrogens with zero attached hydrogens (tertiary/aromatic N) is 2. The van der Waals surface area contributed by atoms with E-state index < -0.39 is 40.9 Å². The molecule has 0 fully saturated rings. The first kappa shape index (κ1) is 23.2. The van der Waals surface area contributed by atoms with Gasteiger partial charge in [0.05, 0.1) is 5.69 Å². The molecule has 0 saturated carbocycles. The summed E-state index contributed by atoms with van der Waals surface area (Å²) in [6.45, 7) is 6.45. The van der Waals surface area contributed by atoms with Crippen molar-refractivity contribution in [3.63, 3.8) is 0 Å². The average Bonchev–Trinajstić information content (AvgIpc) is 3.12. The zero-order valence-corrected chi connectivity index (χ0v) is 21.1. The van der Waals surface area contributed by atoms with Gasteiger partial charge in [-0.2, -0.15) is 0 Å². The van der Waals surface area contributed by atoms with Crippen LogP contribution in [-0.4, -0.2) is 42.4 Å². The van der Waals surface area contributed by atoms with Gasteiger partial charge in [0, 0.05) is 34.4 Å². The summed E-state index contributed by atoms with van der Waals surface area (Å²) in [6.07, 6.45) is -0.858. The first-order chi connectivity index (χ1) is 15.4. The maximum Gasteiger partial charge on any atom is 0.408 e. The lowest BCUT2D eigenvalue weighted by Gasteiger charge is -2.38. The Hall–Kier alpha value is -2.95. The van der Waals surface area contributed by atoms with Crippen LogP contribution >= 0.6 is 22.6 Å². The number of anilines is 2. The van der Waals surface area contributed by atoms with Crippen molar-refractivity contribution < 1.29 is 23.9 Å². The molecule has 0 aromatic heterocycles. The van der Waals surface area contributed by atoms with Crippen molar-refractivity contribution in [3.8, 4) is 0 Å². The third-order valence-electron chi connectivity index (χ3n) is 5.77. The molecule has 2 aromatic carbocycles. The molecule has 0 radical (unpaired) electrons. The molecule has 2 heterocycles. The molecule has 2 aromatic rings. The highest BCUT2D eigenvalue weighted by Gasteiger charge is 2.63. The Kier molecular flexibility index (Phi) is 5.50. The lowest BCUT2D eigenvalue weighted by molar-refractivity contribution is -0.125. The fraction of sp³-hybridized carbons (Fsp3) is 0.333. The number of benzene rings is 2. The van der Waals surface area contributed by atoms with E-state index >= 15 is 0 Å². The third-order valence-corrected chi connectivity index (χ3v) is 6.44. The van der Waals surface area contributed by atoms with Crippen molar-refractivity contribution in [2.45, 2.75) is 44.9 Å². The van der Waals surface area contributed by atoms with Crippen molar-refractivity contribution >= 4 is 57.7 Å². The number of fused-ring (bicyclic) bond motifs is 2. The number of rotatable bonds is 2. The van der Waals surface area contributed by atoms with E-state index in [4.69, 9.17) is 4.74 Å². The minimum atomic E-state index is -1.87. The summed E-state index contributed by atoms with van der Waals surface area (Å²) in [6, 6.07) is 10.7. The zero-order valence-electron chi connectivity index (χ0n) is 18.9. The standard InChI is InChI=1S/C24H24IN3O5/c1-13(29)28-17-9-7-6-8-15(17)19(30)20(28)24(26-22(32)33-23(2,3)4)16-12-14(25)10-11-18(16)27(5)21(24)31/h6-12,20H,1-5H3,(H,26,32)/t20-,24+/m1/s1. The lowest BCUT2D eigenvalue weighted by atomic mass is 9.81. The summed E-state index contributed by atoms with van der Waals surface area (Å²) < 4.78 is 6.29.